The number of nitrogen functional groups attached to an aromatic ring is 1. The van der Waals surface area contributed by atoms with E-state index in [1.807, 2.05) is 6.07 Å². The highest BCUT2D eigenvalue weighted by Gasteiger charge is 1.97. The van der Waals surface area contributed by atoms with E-state index in [9.17, 15) is 0 Å². The molecule has 1 rings (SSSR count). The number of aromatic nitrogens is 1. The summed E-state index contributed by atoms with van der Waals surface area (Å²) in [6, 6.07) is 1.93. The number of nitrogens with zero attached hydrogens (tertiary/aromatic N) is 1. The van der Waals surface area contributed by atoms with E-state index in [0.717, 1.165) is 8.04 Å². The molecule has 0 aliphatic rings. The molecule has 0 atom stereocenters. The first-order chi connectivity index (χ1) is 4.74. The van der Waals surface area contributed by atoms with Crippen molar-refractivity contribution in [3.05, 3.63) is 20.3 Å². The van der Waals surface area contributed by atoms with Gasteiger partial charge in [0.05, 0.1) is 4.47 Å². The smallest absolute Gasteiger partial charge is 0.154 e. The Morgan fingerprint density at radius 1 is 1.70 bits per heavy atom. The van der Waals surface area contributed by atoms with Crippen molar-refractivity contribution in [3.63, 3.8) is 0 Å². The van der Waals surface area contributed by atoms with Gasteiger partial charge < -0.3 is 5.43 Å². The van der Waals surface area contributed by atoms with Gasteiger partial charge in [-0.2, -0.15) is 0 Å². The highest BCUT2D eigenvalue weighted by Crippen LogP contribution is 2.20. The molecule has 0 aliphatic heterocycles. The quantitative estimate of drug-likeness (QED) is 0.472. The first-order valence-electron chi connectivity index (χ1n) is 2.51. The van der Waals surface area contributed by atoms with E-state index in [-0.39, 0.29) is 0 Å². The second-order valence-electron chi connectivity index (χ2n) is 1.63. The molecule has 0 spiro atoms. The second kappa shape index (κ2) is 3.49. The van der Waals surface area contributed by atoms with Crippen molar-refractivity contribution in [3.8, 4) is 0 Å². The van der Waals surface area contributed by atoms with Gasteiger partial charge in [0.15, 0.2) is 5.82 Å². The predicted octanol–water partition coefficient (Wildman–Crippen LogP) is 1.73. The van der Waals surface area contributed by atoms with E-state index < -0.39 is 0 Å². The zero-order valence-electron chi connectivity index (χ0n) is 4.94. The summed E-state index contributed by atoms with van der Waals surface area (Å²) in [6.07, 6.45) is 1.74. The van der Waals surface area contributed by atoms with Gasteiger partial charge >= 0.3 is 0 Å². The van der Waals surface area contributed by atoms with E-state index in [4.69, 9.17) is 5.84 Å². The lowest BCUT2D eigenvalue weighted by molar-refractivity contribution is 1.20. The molecule has 0 saturated carbocycles. The summed E-state index contributed by atoms with van der Waals surface area (Å²) < 4.78 is 1.95. The van der Waals surface area contributed by atoms with Gasteiger partial charge in [0.1, 0.15) is 0 Å². The highest BCUT2D eigenvalue weighted by atomic mass is 127. The van der Waals surface area contributed by atoms with E-state index in [1.165, 1.54) is 0 Å². The Morgan fingerprint density at radius 2 is 2.40 bits per heavy atom. The van der Waals surface area contributed by atoms with Crippen LogP contribution in [0.5, 0.6) is 0 Å². The van der Waals surface area contributed by atoms with Gasteiger partial charge in [0.25, 0.3) is 0 Å². The van der Waals surface area contributed by atoms with Gasteiger partial charge in [0.2, 0.25) is 0 Å². The third-order valence-electron chi connectivity index (χ3n) is 0.945. The van der Waals surface area contributed by atoms with E-state index in [1.54, 1.807) is 6.20 Å². The molecule has 0 amide bonds. The summed E-state index contributed by atoms with van der Waals surface area (Å²) in [5.41, 5.74) is 2.46. The van der Waals surface area contributed by atoms with Crippen LogP contribution in [0.25, 0.3) is 0 Å². The van der Waals surface area contributed by atoms with Crippen LogP contribution < -0.4 is 11.3 Å². The summed E-state index contributed by atoms with van der Waals surface area (Å²) >= 11 is 5.47. The topological polar surface area (TPSA) is 50.9 Å². The molecule has 5 heteroatoms. The van der Waals surface area contributed by atoms with Gasteiger partial charge in [-0.1, -0.05) is 0 Å². The van der Waals surface area contributed by atoms with Crippen molar-refractivity contribution < 1.29 is 0 Å². The van der Waals surface area contributed by atoms with Crippen LogP contribution in [0.4, 0.5) is 5.82 Å². The van der Waals surface area contributed by atoms with E-state index >= 15 is 0 Å². The average molecular weight is 314 g/mol. The Bertz CT molecular complexity index is 240. The number of pyridine rings is 1. The number of hydrogen-bond donors (Lipinski definition) is 2. The molecular weight excluding hydrogens is 309 g/mol. The van der Waals surface area contributed by atoms with Crippen molar-refractivity contribution >= 4 is 44.3 Å². The van der Waals surface area contributed by atoms with Crippen LogP contribution in [-0.4, -0.2) is 4.98 Å². The van der Waals surface area contributed by atoms with Crippen LogP contribution in [0.2, 0.25) is 0 Å². The second-order valence-corrected chi connectivity index (χ2v) is 3.73. The van der Waals surface area contributed by atoms with Crippen LogP contribution in [0.15, 0.2) is 16.7 Å². The summed E-state index contributed by atoms with van der Waals surface area (Å²) in [5.74, 6) is 5.81. The number of anilines is 1. The fraction of sp³-hybridized carbons (Fsp3) is 0. The maximum absolute atomic E-state index is 5.16. The summed E-state index contributed by atoms with van der Waals surface area (Å²) in [4.78, 5) is 4.01. The highest BCUT2D eigenvalue weighted by molar-refractivity contribution is 14.1. The number of hydrazine groups is 1. The third-order valence-corrected chi connectivity index (χ3v) is 2.14. The van der Waals surface area contributed by atoms with Gasteiger partial charge in [-0.3, -0.25) is 0 Å². The molecule has 1 aromatic rings. The zero-order chi connectivity index (χ0) is 7.56. The van der Waals surface area contributed by atoms with Crippen LogP contribution in [0.1, 0.15) is 0 Å². The fourth-order valence-corrected chi connectivity index (χ4v) is 1.86. The zero-order valence-corrected chi connectivity index (χ0v) is 8.68. The van der Waals surface area contributed by atoms with Crippen molar-refractivity contribution in [2.24, 2.45) is 5.84 Å². The van der Waals surface area contributed by atoms with E-state index in [0.29, 0.717) is 5.82 Å². The predicted molar refractivity (Wildman–Crippen MR) is 52.5 cm³/mol. The van der Waals surface area contributed by atoms with Crippen LogP contribution in [-0.2, 0) is 0 Å². The first-order valence-corrected chi connectivity index (χ1v) is 4.39. The first kappa shape index (κ1) is 8.22. The van der Waals surface area contributed by atoms with Crippen molar-refractivity contribution in [1.82, 2.24) is 4.98 Å². The Morgan fingerprint density at radius 3 is 2.90 bits per heavy atom. The molecule has 0 saturated heterocycles. The molecule has 1 aromatic heterocycles. The summed E-state index contributed by atoms with van der Waals surface area (Å²) in [6.45, 7) is 0. The SMILES string of the molecule is NNc1ncc(I)cc1Br. The lowest BCUT2D eigenvalue weighted by atomic mass is 10.5. The molecule has 0 radical (unpaired) electrons. The minimum atomic E-state index is 0.653. The lowest BCUT2D eigenvalue weighted by Crippen LogP contribution is -2.08. The largest absolute Gasteiger partial charge is 0.308 e. The molecule has 0 bridgehead atoms. The molecule has 0 aromatic carbocycles. The van der Waals surface area contributed by atoms with Crippen LogP contribution >= 0.6 is 38.5 Å². The normalized spacial score (nSPS) is 9.50. The maximum atomic E-state index is 5.16. The van der Waals surface area contributed by atoms with Crippen LogP contribution in [0.3, 0.4) is 0 Å². The molecule has 0 aliphatic carbocycles. The third kappa shape index (κ3) is 1.80. The van der Waals surface area contributed by atoms with E-state index in [2.05, 4.69) is 48.9 Å². The lowest BCUT2D eigenvalue weighted by Gasteiger charge is -2.00. The van der Waals surface area contributed by atoms with Crippen molar-refractivity contribution in [2.75, 3.05) is 5.43 Å². The Labute approximate surface area is 80.6 Å². The minimum absolute atomic E-state index is 0.653. The Hall–Kier alpha value is 0.120. The molecule has 0 unspecified atom stereocenters. The number of hydrogen-bond acceptors (Lipinski definition) is 3. The molecule has 1 heterocycles. The van der Waals surface area contributed by atoms with Gasteiger partial charge in [-0.15, -0.1) is 0 Å². The van der Waals surface area contributed by atoms with Crippen LogP contribution in [0, 0.1) is 3.57 Å². The average Bonchev–Trinajstić information content (AvgIpc) is 1.88. The molecule has 3 nitrogen and oxygen atoms in total. The molecular formula is C5H5BrIN3. The minimum Gasteiger partial charge on any atom is -0.308 e. The van der Waals surface area contributed by atoms with Gasteiger partial charge in [-0.05, 0) is 44.6 Å². The number of nitrogens with one attached hydrogen (secondary N) is 1. The van der Waals surface area contributed by atoms with Crippen molar-refractivity contribution in [2.45, 2.75) is 0 Å². The van der Waals surface area contributed by atoms with Gasteiger partial charge in [-0.25, -0.2) is 10.8 Å². The number of rotatable bonds is 1. The maximum Gasteiger partial charge on any atom is 0.154 e. The standard InChI is InChI=1S/C5H5BrIN3/c6-4-1-3(7)2-9-5(4)10-8/h1-2H,8H2,(H,9,10). The number of nitrogens with two attached hydrogens (primary N) is 1. The molecule has 0 fully saturated rings. The Kier molecular flexibility index (Phi) is 2.87. The monoisotopic (exact) mass is 313 g/mol. The summed E-state index contributed by atoms with van der Waals surface area (Å²) in [7, 11) is 0. The molecule has 3 N–H and O–H groups in total. The van der Waals surface area contributed by atoms with Crippen molar-refractivity contribution in [1.29, 1.82) is 0 Å². The summed E-state index contributed by atoms with van der Waals surface area (Å²) in [5, 5.41) is 0. The fourth-order valence-electron chi connectivity index (χ4n) is 0.521. The molecule has 10 heavy (non-hydrogen) atoms. The number of halogens is 2. The molecule has 54 valence electrons. The Balaban J connectivity index is 3.07. The van der Waals surface area contributed by atoms with Gasteiger partial charge in [0, 0.05) is 9.77 Å².